The van der Waals surface area contributed by atoms with Crippen LogP contribution in [0.3, 0.4) is 0 Å². The number of tetrazole rings is 1. The Balaban J connectivity index is 1.49. The number of hydrogen-bond acceptors (Lipinski definition) is 7. The molecule has 0 saturated carbocycles. The molecular formula is C24H26N10O. The smallest absolute Gasteiger partial charge is 0.299 e. The van der Waals surface area contributed by atoms with Gasteiger partial charge in [0.05, 0.1) is 12.2 Å². The lowest BCUT2D eigenvalue weighted by Crippen LogP contribution is -2.26. The van der Waals surface area contributed by atoms with Gasteiger partial charge in [0.2, 0.25) is 11.8 Å². The lowest BCUT2D eigenvalue weighted by atomic mass is 10.0. The van der Waals surface area contributed by atoms with Gasteiger partial charge >= 0.3 is 5.69 Å². The fourth-order valence-electron chi connectivity index (χ4n) is 4.16. The van der Waals surface area contributed by atoms with Gasteiger partial charge in [-0.15, -0.1) is 20.4 Å². The van der Waals surface area contributed by atoms with Crippen molar-refractivity contribution in [3.8, 4) is 28.5 Å². The lowest BCUT2D eigenvalue weighted by molar-refractivity contribution is 0.636. The Morgan fingerprint density at radius 1 is 1.00 bits per heavy atom. The van der Waals surface area contributed by atoms with Crippen molar-refractivity contribution in [1.82, 2.24) is 49.5 Å². The molecule has 1 N–H and O–H groups in total. The van der Waals surface area contributed by atoms with Crippen LogP contribution in [0.1, 0.15) is 38.1 Å². The molecule has 0 aliphatic carbocycles. The van der Waals surface area contributed by atoms with E-state index in [-0.39, 0.29) is 5.69 Å². The van der Waals surface area contributed by atoms with Gasteiger partial charge in [-0.2, -0.15) is 5.21 Å². The van der Waals surface area contributed by atoms with Gasteiger partial charge in [-0.25, -0.2) is 9.36 Å². The van der Waals surface area contributed by atoms with Crippen LogP contribution in [-0.2, 0) is 19.5 Å². The number of rotatable bonds is 9. The highest BCUT2D eigenvalue weighted by Gasteiger charge is 2.17. The summed E-state index contributed by atoms with van der Waals surface area (Å²) in [4.78, 5) is 18.0. The Morgan fingerprint density at radius 2 is 1.86 bits per heavy atom. The summed E-state index contributed by atoms with van der Waals surface area (Å²) in [6.07, 6.45) is 7.92. The second-order valence-corrected chi connectivity index (χ2v) is 8.29. The van der Waals surface area contributed by atoms with Gasteiger partial charge in [0.1, 0.15) is 6.33 Å². The predicted octanol–water partition coefficient (Wildman–Crippen LogP) is 2.88. The van der Waals surface area contributed by atoms with Crippen LogP contribution in [0.2, 0.25) is 0 Å². The van der Waals surface area contributed by atoms with E-state index in [4.69, 9.17) is 0 Å². The SMILES string of the molecule is CCCc1cn(-c2nncn2CCC)c(=O)n1Cc1cc(-c2cccc(-c3nn[nH]n3)c2)ccn1. The monoisotopic (exact) mass is 470 g/mol. The summed E-state index contributed by atoms with van der Waals surface area (Å²) in [7, 11) is 0. The second kappa shape index (κ2) is 9.84. The van der Waals surface area contributed by atoms with Gasteiger partial charge in [-0.1, -0.05) is 38.5 Å². The number of aryl methyl sites for hydroxylation is 2. The zero-order valence-electron chi connectivity index (χ0n) is 19.7. The Bertz CT molecular complexity index is 1480. The van der Waals surface area contributed by atoms with Crippen molar-refractivity contribution in [2.75, 3.05) is 0 Å². The molecule has 11 nitrogen and oxygen atoms in total. The maximum atomic E-state index is 13.4. The van der Waals surface area contributed by atoms with Gasteiger partial charge < -0.3 is 0 Å². The van der Waals surface area contributed by atoms with E-state index in [2.05, 4.69) is 49.7 Å². The summed E-state index contributed by atoms with van der Waals surface area (Å²) in [6.45, 7) is 5.29. The van der Waals surface area contributed by atoms with Crippen molar-refractivity contribution in [2.45, 2.75) is 46.2 Å². The summed E-state index contributed by atoms with van der Waals surface area (Å²) in [5, 5.41) is 22.5. The molecule has 0 fully saturated rings. The maximum absolute atomic E-state index is 13.4. The number of aromatic amines is 1. The highest BCUT2D eigenvalue weighted by molar-refractivity contribution is 5.70. The first-order valence-electron chi connectivity index (χ1n) is 11.7. The molecule has 1 aromatic carbocycles. The van der Waals surface area contributed by atoms with Gasteiger partial charge in [0.15, 0.2) is 0 Å². The summed E-state index contributed by atoms with van der Waals surface area (Å²) >= 11 is 0. The zero-order valence-corrected chi connectivity index (χ0v) is 19.7. The third-order valence-electron chi connectivity index (χ3n) is 5.78. The molecule has 4 heterocycles. The molecule has 0 aliphatic rings. The minimum absolute atomic E-state index is 0.148. The van der Waals surface area contributed by atoms with Crippen LogP contribution in [0, 0.1) is 0 Å². The van der Waals surface area contributed by atoms with E-state index in [0.717, 1.165) is 53.9 Å². The van der Waals surface area contributed by atoms with E-state index < -0.39 is 0 Å². The largest absolute Gasteiger partial charge is 0.335 e. The van der Waals surface area contributed by atoms with E-state index in [0.29, 0.717) is 18.3 Å². The second-order valence-electron chi connectivity index (χ2n) is 8.29. The van der Waals surface area contributed by atoms with Crippen molar-refractivity contribution in [1.29, 1.82) is 0 Å². The summed E-state index contributed by atoms with van der Waals surface area (Å²) < 4.78 is 5.26. The molecular weight excluding hydrogens is 444 g/mol. The molecule has 5 rings (SSSR count). The molecule has 0 amide bonds. The van der Waals surface area contributed by atoms with Gasteiger partial charge in [-0.05, 0) is 47.4 Å². The number of aromatic nitrogens is 10. The topological polar surface area (TPSA) is 125 Å². The van der Waals surface area contributed by atoms with Crippen molar-refractivity contribution in [3.63, 3.8) is 0 Å². The minimum atomic E-state index is -0.148. The number of H-pyrrole nitrogens is 1. The van der Waals surface area contributed by atoms with Gasteiger partial charge in [0, 0.05) is 30.2 Å². The molecule has 0 saturated heterocycles. The Hall–Kier alpha value is -4.41. The number of nitrogens with zero attached hydrogens (tertiary/aromatic N) is 9. The van der Waals surface area contributed by atoms with Crippen LogP contribution in [-0.4, -0.2) is 49.5 Å². The first-order valence-corrected chi connectivity index (χ1v) is 11.7. The minimum Gasteiger partial charge on any atom is -0.299 e. The molecule has 0 aliphatic heterocycles. The van der Waals surface area contributed by atoms with Crippen molar-refractivity contribution in [2.24, 2.45) is 0 Å². The fraction of sp³-hybridized carbons (Fsp3) is 0.292. The first kappa shape index (κ1) is 22.4. The number of imidazole rings is 1. The molecule has 11 heteroatoms. The quantitative estimate of drug-likeness (QED) is 0.351. The third kappa shape index (κ3) is 4.52. The van der Waals surface area contributed by atoms with Crippen molar-refractivity contribution in [3.05, 3.63) is 77.0 Å². The molecule has 35 heavy (non-hydrogen) atoms. The Kier molecular flexibility index (Phi) is 6.29. The predicted molar refractivity (Wildman–Crippen MR) is 130 cm³/mol. The average Bonchev–Trinajstić information content (AvgIpc) is 3.63. The van der Waals surface area contributed by atoms with Crippen LogP contribution in [0.15, 0.2) is 59.9 Å². The molecule has 178 valence electrons. The van der Waals surface area contributed by atoms with E-state index in [1.165, 1.54) is 0 Å². The van der Waals surface area contributed by atoms with E-state index in [1.54, 1.807) is 21.7 Å². The molecule has 0 bridgehead atoms. The summed E-state index contributed by atoms with van der Waals surface area (Å²) in [5.74, 6) is 1.07. The van der Waals surface area contributed by atoms with Crippen LogP contribution in [0.25, 0.3) is 28.5 Å². The van der Waals surface area contributed by atoms with Crippen LogP contribution < -0.4 is 5.69 Å². The molecule has 0 spiro atoms. The standard InChI is InChI=1S/C24H26N10O/c1-3-6-21-15-34(23-29-26-16-32(23)11-4-2)24(35)33(21)14-20-13-18(9-10-25-20)17-7-5-8-19(12-17)22-27-30-31-28-22/h5,7-10,12-13,15-16H,3-4,6,11,14H2,1-2H3,(H,27,28,30,31). The molecule has 0 radical (unpaired) electrons. The first-order chi connectivity index (χ1) is 17.2. The third-order valence-corrected chi connectivity index (χ3v) is 5.78. The Morgan fingerprint density at radius 3 is 2.66 bits per heavy atom. The van der Waals surface area contributed by atoms with E-state index in [9.17, 15) is 4.79 Å². The normalized spacial score (nSPS) is 11.3. The van der Waals surface area contributed by atoms with Crippen molar-refractivity contribution < 1.29 is 0 Å². The number of hydrogen-bond donors (Lipinski definition) is 1. The fourth-order valence-corrected chi connectivity index (χ4v) is 4.16. The van der Waals surface area contributed by atoms with Crippen molar-refractivity contribution >= 4 is 0 Å². The lowest BCUT2D eigenvalue weighted by Gasteiger charge is -2.09. The van der Waals surface area contributed by atoms with Gasteiger partial charge in [-0.3, -0.25) is 14.1 Å². The summed E-state index contributed by atoms with van der Waals surface area (Å²) in [6, 6.07) is 11.9. The van der Waals surface area contributed by atoms with E-state index >= 15 is 0 Å². The van der Waals surface area contributed by atoms with Crippen LogP contribution in [0.4, 0.5) is 0 Å². The molecule has 0 unspecified atom stereocenters. The number of pyridine rings is 1. The number of benzene rings is 1. The van der Waals surface area contributed by atoms with Crippen LogP contribution in [0.5, 0.6) is 0 Å². The molecule has 5 aromatic rings. The molecule has 4 aromatic heterocycles. The average molecular weight is 471 g/mol. The van der Waals surface area contributed by atoms with Gasteiger partial charge in [0.25, 0.3) is 0 Å². The van der Waals surface area contributed by atoms with Crippen LogP contribution >= 0.6 is 0 Å². The highest BCUT2D eigenvalue weighted by Crippen LogP contribution is 2.24. The number of nitrogens with one attached hydrogen (secondary N) is 1. The zero-order chi connectivity index (χ0) is 24.2. The highest BCUT2D eigenvalue weighted by atomic mass is 16.2. The molecule has 0 atom stereocenters. The van der Waals surface area contributed by atoms with E-state index in [1.807, 2.05) is 47.2 Å². The summed E-state index contributed by atoms with van der Waals surface area (Å²) in [5.41, 5.74) is 4.44. The Labute approximate surface area is 201 Å². The maximum Gasteiger partial charge on any atom is 0.335 e.